The number of amides is 1. The van der Waals surface area contributed by atoms with Crippen LogP contribution in [0.2, 0.25) is 0 Å². The largest absolute Gasteiger partial charge is 0.334 e. The molecule has 3 N–H and O–H groups in total. The Hall–Kier alpha value is -0.940. The van der Waals surface area contributed by atoms with Crippen LogP contribution in [-0.4, -0.2) is 18.0 Å². The Morgan fingerprint density at radius 2 is 1.91 bits per heavy atom. The molecule has 1 saturated carbocycles. The van der Waals surface area contributed by atoms with Crippen molar-refractivity contribution in [3.8, 4) is 0 Å². The summed E-state index contributed by atoms with van der Waals surface area (Å²) in [4.78, 5) is 12.3. The van der Waals surface area contributed by atoms with Crippen molar-refractivity contribution < 1.29 is 14.5 Å². The van der Waals surface area contributed by atoms with Gasteiger partial charge >= 0.3 is 0 Å². The minimum Gasteiger partial charge on any atom is -0.334 e. The van der Waals surface area contributed by atoms with E-state index in [1.54, 1.807) is 12.1 Å². The number of quaternary nitrogens is 1. The molecule has 1 amide bonds. The Bertz CT molecular complexity index is 501. The third kappa shape index (κ3) is 5.36. The Balaban J connectivity index is 1.88. The summed E-state index contributed by atoms with van der Waals surface area (Å²) in [6, 6.07) is 4.98. The van der Waals surface area contributed by atoms with Crippen molar-refractivity contribution in [2.45, 2.75) is 64.0 Å². The molecule has 0 heterocycles. The molecule has 0 aromatic heterocycles. The maximum Gasteiger partial charge on any atom is 0.282 e. The number of anilines is 1. The molecule has 1 aromatic carbocycles. The van der Waals surface area contributed by atoms with Crippen LogP contribution >= 0.6 is 15.9 Å². The SMILES string of the molecule is C[C@H]([NH2+]C1CCCCCCC1)C(=O)Nc1ccc(Br)cc1F. The molecule has 3 nitrogen and oxygen atoms in total. The maximum atomic E-state index is 13.8. The van der Waals surface area contributed by atoms with Gasteiger partial charge in [0.25, 0.3) is 5.91 Å². The molecule has 1 atom stereocenters. The van der Waals surface area contributed by atoms with Gasteiger partial charge in [-0.15, -0.1) is 0 Å². The van der Waals surface area contributed by atoms with Gasteiger partial charge < -0.3 is 10.6 Å². The van der Waals surface area contributed by atoms with Crippen molar-refractivity contribution in [3.63, 3.8) is 0 Å². The quantitative estimate of drug-likeness (QED) is 0.834. The number of benzene rings is 1. The average molecular weight is 372 g/mol. The molecule has 22 heavy (non-hydrogen) atoms. The Morgan fingerprint density at radius 1 is 1.27 bits per heavy atom. The van der Waals surface area contributed by atoms with Gasteiger partial charge in [0.15, 0.2) is 6.04 Å². The van der Waals surface area contributed by atoms with Crippen molar-refractivity contribution in [3.05, 3.63) is 28.5 Å². The van der Waals surface area contributed by atoms with Gasteiger partial charge in [0.1, 0.15) is 5.82 Å². The summed E-state index contributed by atoms with van der Waals surface area (Å²) in [6.45, 7) is 1.89. The van der Waals surface area contributed by atoms with Crippen LogP contribution in [0.3, 0.4) is 0 Å². The van der Waals surface area contributed by atoms with E-state index in [0.29, 0.717) is 10.5 Å². The van der Waals surface area contributed by atoms with E-state index in [0.717, 1.165) is 0 Å². The molecule has 1 aliphatic carbocycles. The van der Waals surface area contributed by atoms with E-state index in [4.69, 9.17) is 0 Å². The van der Waals surface area contributed by atoms with Crippen LogP contribution in [0, 0.1) is 5.82 Å². The molecule has 0 aliphatic heterocycles. The van der Waals surface area contributed by atoms with E-state index in [1.807, 2.05) is 6.92 Å². The zero-order valence-corrected chi connectivity index (χ0v) is 14.7. The van der Waals surface area contributed by atoms with Crippen LogP contribution in [0.1, 0.15) is 51.9 Å². The highest BCUT2D eigenvalue weighted by molar-refractivity contribution is 9.10. The second-order valence-corrected chi connectivity index (χ2v) is 7.12. The number of nitrogens with one attached hydrogen (secondary N) is 1. The van der Waals surface area contributed by atoms with Gasteiger partial charge in [-0.3, -0.25) is 4.79 Å². The lowest BCUT2D eigenvalue weighted by Gasteiger charge is -2.21. The molecule has 0 radical (unpaired) electrons. The predicted octanol–water partition coefficient (Wildman–Crippen LogP) is 3.59. The van der Waals surface area contributed by atoms with E-state index in [-0.39, 0.29) is 17.6 Å². The normalized spacial score (nSPS) is 18.3. The first-order valence-corrected chi connectivity index (χ1v) is 8.96. The highest BCUT2D eigenvalue weighted by atomic mass is 79.9. The molecule has 122 valence electrons. The fourth-order valence-electron chi connectivity index (χ4n) is 3.01. The van der Waals surface area contributed by atoms with E-state index in [9.17, 15) is 9.18 Å². The number of carbonyl (C=O) groups is 1. The van der Waals surface area contributed by atoms with Gasteiger partial charge in [-0.05, 0) is 50.8 Å². The minimum atomic E-state index is -0.416. The zero-order valence-electron chi connectivity index (χ0n) is 13.1. The smallest absolute Gasteiger partial charge is 0.282 e. The number of halogens is 2. The number of nitrogens with two attached hydrogens (primary N) is 1. The van der Waals surface area contributed by atoms with Gasteiger partial charge in [-0.2, -0.15) is 0 Å². The van der Waals surface area contributed by atoms with Crippen molar-refractivity contribution in [2.75, 3.05) is 5.32 Å². The fraction of sp³-hybridized carbons (Fsp3) is 0.588. The summed E-state index contributed by atoms with van der Waals surface area (Å²) in [7, 11) is 0. The predicted molar refractivity (Wildman–Crippen MR) is 90.2 cm³/mol. The Labute approximate surface area is 140 Å². The molecule has 1 aromatic rings. The highest BCUT2D eigenvalue weighted by Gasteiger charge is 2.23. The molecule has 0 saturated heterocycles. The van der Waals surface area contributed by atoms with Crippen LogP contribution in [0.15, 0.2) is 22.7 Å². The van der Waals surface area contributed by atoms with Gasteiger partial charge in [0.05, 0.1) is 11.7 Å². The number of carbonyl (C=O) groups excluding carboxylic acids is 1. The molecular weight excluding hydrogens is 347 g/mol. The first-order valence-electron chi connectivity index (χ1n) is 8.17. The zero-order chi connectivity index (χ0) is 15.9. The van der Waals surface area contributed by atoms with E-state index >= 15 is 0 Å². The molecule has 0 bridgehead atoms. The fourth-order valence-corrected chi connectivity index (χ4v) is 3.35. The van der Waals surface area contributed by atoms with Gasteiger partial charge in [-0.25, -0.2) is 4.39 Å². The van der Waals surface area contributed by atoms with Gasteiger partial charge in [0, 0.05) is 4.47 Å². The van der Waals surface area contributed by atoms with Gasteiger partial charge in [0.2, 0.25) is 0 Å². The van der Waals surface area contributed by atoms with Crippen molar-refractivity contribution in [2.24, 2.45) is 0 Å². The molecule has 1 aliphatic rings. The number of hydrogen-bond donors (Lipinski definition) is 2. The topological polar surface area (TPSA) is 45.7 Å². The monoisotopic (exact) mass is 371 g/mol. The molecule has 2 rings (SSSR count). The molecule has 5 heteroatoms. The van der Waals surface area contributed by atoms with Crippen molar-refractivity contribution in [1.29, 1.82) is 0 Å². The summed E-state index contributed by atoms with van der Waals surface area (Å²) >= 11 is 3.21. The number of hydrogen-bond acceptors (Lipinski definition) is 1. The second-order valence-electron chi connectivity index (χ2n) is 6.20. The lowest BCUT2D eigenvalue weighted by atomic mass is 9.96. The first kappa shape index (κ1) is 17.4. The van der Waals surface area contributed by atoms with Crippen LogP contribution in [-0.2, 0) is 4.79 Å². The van der Waals surface area contributed by atoms with E-state index in [1.165, 1.54) is 51.0 Å². The van der Waals surface area contributed by atoms with Gasteiger partial charge in [-0.1, -0.05) is 35.2 Å². The van der Waals surface area contributed by atoms with Crippen LogP contribution in [0.4, 0.5) is 10.1 Å². The lowest BCUT2D eigenvalue weighted by molar-refractivity contribution is -0.707. The van der Waals surface area contributed by atoms with Crippen molar-refractivity contribution in [1.82, 2.24) is 0 Å². The van der Waals surface area contributed by atoms with E-state index < -0.39 is 5.82 Å². The first-order chi connectivity index (χ1) is 10.6. The lowest BCUT2D eigenvalue weighted by Crippen LogP contribution is -2.96. The highest BCUT2D eigenvalue weighted by Crippen LogP contribution is 2.19. The third-order valence-corrected chi connectivity index (χ3v) is 4.81. The van der Waals surface area contributed by atoms with Crippen LogP contribution in [0.5, 0.6) is 0 Å². The Morgan fingerprint density at radius 3 is 2.55 bits per heavy atom. The summed E-state index contributed by atoms with van der Waals surface area (Å²) in [5.41, 5.74) is 0.242. The molecule has 0 unspecified atom stereocenters. The standard InChI is InChI=1S/C17H24BrFN2O/c1-12(20-14-7-5-3-2-4-6-8-14)17(22)21-16-10-9-13(18)11-15(16)19/h9-12,14,20H,2-8H2,1H3,(H,21,22)/p+1/t12-/m0/s1. The summed E-state index contributed by atoms with van der Waals surface area (Å²) in [6.07, 6.45) is 8.78. The third-order valence-electron chi connectivity index (χ3n) is 4.31. The average Bonchev–Trinajstić information content (AvgIpc) is 2.44. The molecule has 1 fully saturated rings. The van der Waals surface area contributed by atoms with E-state index in [2.05, 4.69) is 26.6 Å². The molecule has 0 spiro atoms. The van der Waals surface area contributed by atoms with Crippen molar-refractivity contribution >= 4 is 27.5 Å². The van der Waals surface area contributed by atoms with Crippen LogP contribution < -0.4 is 10.6 Å². The Kier molecular flexibility index (Phi) is 6.83. The second kappa shape index (κ2) is 8.63. The van der Waals surface area contributed by atoms with Crippen LogP contribution in [0.25, 0.3) is 0 Å². The summed E-state index contributed by atoms with van der Waals surface area (Å²) in [5, 5.41) is 4.84. The summed E-state index contributed by atoms with van der Waals surface area (Å²) < 4.78 is 14.4. The minimum absolute atomic E-state index is 0.136. The summed E-state index contributed by atoms with van der Waals surface area (Å²) in [5.74, 6) is -0.552. The maximum absolute atomic E-state index is 13.8. The number of rotatable bonds is 4. The molecular formula is C17H25BrFN2O+.